The highest BCUT2D eigenvalue weighted by Crippen LogP contribution is 2.24. The summed E-state index contributed by atoms with van der Waals surface area (Å²) >= 11 is 3.46. The minimum absolute atomic E-state index is 0.0334. The number of hydrogen-bond donors (Lipinski definition) is 2. The van der Waals surface area contributed by atoms with E-state index in [1.807, 2.05) is 32.9 Å². The molecule has 100 valence electrons. The number of aryl methyl sites for hydroxylation is 2. The predicted molar refractivity (Wildman–Crippen MR) is 80.0 cm³/mol. The van der Waals surface area contributed by atoms with E-state index in [1.54, 1.807) is 0 Å². The van der Waals surface area contributed by atoms with E-state index in [1.165, 1.54) is 0 Å². The van der Waals surface area contributed by atoms with Crippen molar-refractivity contribution in [1.82, 2.24) is 5.32 Å². The molecule has 0 aliphatic carbocycles. The van der Waals surface area contributed by atoms with Crippen LogP contribution >= 0.6 is 15.9 Å². The summed E-state index contributed by atoms with van der Waals surface area (Å²) in [4.78, 5) is 11.7. The van der Waals surface area contributed by atoms with Gasteiger partial charge < -0.3 is 10.6 Å². The highest BCUT2D eigenvalue weighted by Gasteiger charge is 2.08. The summed E-state index contributed by atoms with van der Waals surface area (Å²) in [6, 6.07) is 4.32. The van der Waals surface area contributed by atoms with Crippen LogP contribution < -0.4 is 10.6 Å². The second-order valence-corrected chi connectivity index (χ2v) is 5.56. The standard InChI is InChI=1S/C14H21BrN2O/c1-5-11(4)17-13(18)8-16-14-9(2)6-12(15)7-10(14)3/h6-7,11,16H,5,8H2,1-4H3,(H,17,18). The van der Waals surface area contributed by atoms with Crippen molar-refractivity contribution in [2.24, 2.45) is 0 Å². The molecule has 0 radical (unpaired) electrons. The van der Waals surface area contributed by atoms with E-state index in [4.69, 9.17) is 0 Å². The Balaban J connectivity index is 2.61. The number of carbonyl (C=O) groups excluding carboxylic acids is 1. The van der Waals surface area contributed by atoms with Gasteiger partial charge in [-0.1, -0.05) is 22.9 Å². The van der Waals surface area contributed by atoms with Crippen molar-refractivity contribution < 1.29 is 4.79 Å². The van der Waals surface area contributed by atoms with E-state index in [0.29, 0.717) is 6.54 Å². The minimum atomic E-state index is 0.0334. The molecule has 0 saturated carbocycles. The van der Waals surface area contributed by atoms with Gasteiger partial charge in [0, 0.05) is 16.2 Å². The number of anilines is 1. The largest absolute Gasteiger partial charge is 0.376 e. The summed E-state index contributed by atoms with van der Waals surface area (Å²) in [6.07, 6.45) is 0.947. The Kier molecular flexibility index (Phi) is 5.66. The van der Waals surface area contributed by atoms with Crippen LogP contribution in [0.3, 0.4) is 0 Å². The number of halogens is 1. The van der Waals surface area contributed by atoms with Gasteiger partial charge in [-0.3, -0.25) is 4.79 Å². The average Bonchev–Trinajstić information content (AvgIpc) is 2.27. The number of amides is 1. The molecule has 0 aliphatic heterocycles. The lowest BCUT2D eigenvalue weighted by molar-refractivity contribution is -0.120. The molecule has 18 heavy (non-hydrogen) atoms. The molecule has 1 atom stereocenters. The maximum atomic E-state index is 11.7. The van der Waals surface area contributed by atoms with Crippen molar-refractivity contribution in [2.75, 3.05) is 11.9 Å². The first kappa shape index (κ1) is 15.0. The van der Waals surface area contributed by atoms with Gasteiger partial charge in [0.1, 0.15) is 0 Å². The summed E-state index contributed by atoms with van der Waals surface area (Å²) in [5.74, 6) is 0.0334. The van der Waals surface area contributed by atoms with Crippen LogP contribution in [0.2, 0.25) is 0 Å². The number of rotatable bonds is 5. The van der Waals surface area contributed by atoms with Crippen molar-refractivity contribution in [3.8, 4) is 0 Å². The summed E-state index contributed by atoms with van der Waals surface area (Å²) in [6.45, 7) is 8.45. The molecule has 0 spiro atoms. The van der Waals surface area contributed by atoms with Gasteiger partial charge in [-0.15, -0.1) is 0 Å². The van der Waals surface area contributed by atoms with Crippen molar-refractivity contribution in [2.45, 2.75) is 40.2 Å². The SMILES string of the molecule is CCC(C)NC(=O)CNc1c(C)cc(Br)cc1C. The summed E-state index contributed by atoms with van der Waals surface area (Å²) < 4.78 is 1.06. The highest BCUT2D eigenvalue weighted by molar-refractivity contribution is 9.10. The van der Waals surface area contributed by atoms with Gasteiger partial charge in [-0.05, 0) is 50.5 Å². The van der Waals surface area contributed by atoms with E-state index in [2.05, 4.69) is 33.5 Å². The molecule has 1 unspecified atom stereocenters. The maximum absolute atomic E-state index is 11.7. The Labute approximate surface area is 117 Å². The minimum Gasteiger partial charge on any atom is -0.376 e. The predicted octanol–water partition coefficient (Wildman–Crippen LogP) is 3.39. The lowest BCUT2D eigenvalue weighted by atomic mass is 10.1. The van der Waals surface area contributed by atoms with E-state index in [0.717, 1.165) is 27.7 Å². The Morgan fingerprint density at radius 2 is 1.89 bits per heavy atom. The Morgan fingerprint density at radius 3 is 2.39 bits per heavy atom. The molecule has 2 N–H and O–H groups in total. The summed E-state index contributed by atoms with van der Waals surface area (Å²) in [7, 11) is 0. The average molecular weight is 313 g/mol. The maximum Gasteiger partial charge on any atom is 0.239 e. The molecule has 1 aromatic carbocycles. The molecule has 4 heteroatoms. The molecule has 3 nitrogen and oxygen atoms in total. The van der Waals surface area contributed by atoms with Crippen molar-refractivity contribution in [3.05, 3.63) is 27.7 Å². The summed E-state index contributed by atoms with van der Waals surface area (Å²) in [5.41, 5.74) is 3.31. The number of benzene rings is 1. The van der Waals surface area contributed by atoms with Gasteiger partial charge in [0.15, 0.2) is 0 Å². The molecule has 0 bridgehead atoms. The molecular weight excluding hydrogens is 292 g/mol. The Morgan fingerprint density at radius 1 is 1.33 bits per heavy atom. The topological polar surface area (TPSA) is 41.1 Å². The molecule has 1 aromatic rings. The quantitative estimate of drug-likeness (QED) is 0.875. The fourth-order valence-corrected chi connectivity index (χ4v) is 2.47. The van der Waals surface area contributed by atoms with Crippen molar-refractivity contribution >= 4 is 27.5 Å². The molecule has 0 aromatic heterocycles. The van der Waals surface area contributed by atoms with Crippen LogP contribution in [0.4, 0.5) is 5.69 Å². The first-order chi connectivity index (χ1) is 8.43. The second-order valence-electron chi connectivity index (χ2n) is 4.64. The van der Waals surface area contributed by atoms with E-state index in [-0.39, 0.29) is 11.9 Å². The first-order valence-electron chi connectivity index (χ1n) is 6.24. The zero-order chi connectivity index (χ0) is 13.7. The summed E-state index contributed by atoms with van der Waals surface area (Å²) in [5, 5.41) is 6.14. The lowest BCUT2D eigenvalue weighted by Crippen LogP contribution is -2.36. The van der Waals surface area contributed by atoms with Crippen LogP contribution in [0.1, 0.15) is 31.4 Å². The first-order valence-corrected chi connectivity index (χ1v) is 7.03. The fourth-order valence-electron chi connectivity index (χ4n) is 1.79. The van der Waals surface area contributed by atoms with Gasteiger partial charge in [-0.2, -0.15) is 0 Å². The third kappa shape index (κ3) is 4.33. The smallest absolute Gasteiger partial charge is 0.239 e. The third-order valence-corrected chi connectivity index (χ3v) is 3.40. The molecular formula is C14H21BrN2O. The van der Waals surface area contributed by atoms with Crippen LogP contribution in [0.15, 0.2) is 16.6 Å². The van der Waals surface area contributed by atoms with Gasteiger partial charge in [0.25, 0.3) is 0 Å². The van der Waals surface area contributed by atoms with Crippen LogP contribution in [0.5, 0.6) is 0 Å². The Hall–Kier alpha value is -1.03. The van der Waals surface area contributed by atoms with Crippen LogP contribution in [0, 0.1) is 13.8 Å². The number of carbonyl (C=O) groups is 1. The molecule has 0 saturated heterocycles. The van der Waals surface area contributed by atoms with Crippen molar-refractivity contribution in [1.29, 1.82) is 0 Å². The molecule has 1 rings (SSSR count). The highest BCUT2D eigenvalue weighted by atomic mass is 79.9. The van der Waals surface area contributed by atoms with E-state index < -0.39 is 0 Å². The number of hydrogen-bond acceptors (Lipinski definition) is 2. The van der Waals surface area contributed by atoms with Gasteiger partial charge in [-0.25, -0.2) is 0 Å². The number of nitrogens with one attached hydrogen (secondary N) is 2. The van der Waals surface area contributed by atoms with E-state index in [9.17, 15) is 4.79 Å². The van der Waals surface area contributed by atoms with Crippen LogP contribution in [-0.2, 0) is 4.79 Å². The molecule has 0 heterocycles. The van der Waals surface area contributed by atoms with Crippen LogP contribution in [0.25, 0.3) is 0 Å². The van der Waals surface area contributed by atoms with Gasteiger partial charge in [0.2, 0.25) is 5.91 Å². The molecule has 0 aliphatic rings. The third-order valence-electron chi connectivity index (χ3n) is 2.94. The second kappa shape index (κ2) is 6.78. The zero-order valence-electron chi connectivity index (χ0n) is 11.4. The van der Waals surface area contributed by atoms with Crippen LogP contribution in [-0.4, -0.2) is 18.5 Å². The monoisotopic (exact) mass is 312 g/mol. The van der Waals surface area contributed by atoms with Crippen molar-refractivity contribution in [3.63, 3.8) is 0 Å². The van der Waals surface area contributed by atoms with Gasteiger partial charge in [0.05, 0.1) is 6.54 Å². The fraction of sp³-hybridized carbons (Fsp3) is 0.500. The zero-order valence-corrected chi connectivity index (χ0v) is 13.0. The Bertz CT molecular complexity index is 409. The molecule has 0 fully saturated rings. The normalized spacial score (nSPS) is 12.1. The van der Waals surface area contributed by atoms with Gasteiger partial charge >= 0.3 is 0 Å². The van der Waals surface area contributed by atoms with E-state index >= 15 is 0 Å². The molecule has 1 amide bonds. The lowest BCUT2D eigenvalue weighted by Gasteiger charge is -2.15.